The molecule has 0 radical (unpaired) electrons. The van der Waals surface area contributed by atoms with Crippen molar-refractivity contribution in [3.8, 4) is 17.2 Å². The molecule has 11 nitrogen and oxygen atoms in total. The maximum Gasteiger partial charge on any atom is 0.243 e. The minimum Gasteiger partial charge on any atom is -0.489 e. The Labute approximate surface area is 241 Å². The normalized spacial score (nSPS) is 15.7. The van der Waals surface area contributed by atoms with Gasteiger partial charge in [0.2, 0.25) is 5.91 Å². The number of ether oxygens (including phenoxy) is 2. The summed E-state index contributed by atoms with van der Waals surface area (Å²) in [6.07, 6.45) is 7.30. The molecule has 2 heterocycles. The van der Waals surface area contributed by atoms with Crippen molar-refractivity contribution in [2.24, 2.45) is 0 Å². The van der Waals surface area contributed by atoms with Gasteiger partial charge in [-0.15, -0.1) is 0 Å². The van der Waals surface area contributed by atoms with Crippen molar-refractivity contribution in [3.63, 3.8) is 0 Å². The lowest BCUT2D eigenvalue weighted by atomic mass is 9.86. The topological polar surface area (TPSA) is 161 Å². The molecule has 0 bridgehead atoms. The summed E-state index contributed by atoms with van der Waals surface area (Å²) in [7, 11) is 0. The number of aryl methyl sites for hydroxylation is 1. The maximum absolute atomic E-state index is 14.3. The first-order chi connectivity index (χ1) is 20.3. The molecule has 0 spiro atoms. The molecule has 214 valence electrons. The molecule has 5 rings (SSSR count). The number of carbonyl (C=O) groups is 1. The third kappa shape index (κ3) is 6.84. The van der Waals surface area contributed by atoms with E-state index in [1.165, 1.54) is 24.5 Å². The Morgan fingerprint density at radius 3 is 2.50 bits per heavy atom. The number of aromatic nitrogens is 4. The Bertz CT molecular complexity index is 1610. The maximum atomic E-state index is 14.3. The lowest BCUT2D eigenvalue weighted by Gasteiger charge is -2.36. The number of nitrogens with two attached hydrogens (primary N) is 1. The summed E-state index contributed by atoms with van der Waals surface area (Å²) < 4.78 is 25.9. The number of rotatable bonds is 11. The number of nitrogens with zero attached hydrogens (tertiary/aromatic N) is 4. The second-order valence-corrected chi connectivity index (χ2v) is 9.76. The van der Waals surface area contributed by atoms with E-state index in [-0.39, 0.29) is 41.9 Å². The van der Waals surface area contributed by atoms with Crippen LogP contribution in [-0.2, 0) is 11.4 Å². The summed E-state index contributed by atoms with van der Waals surface area (Å²) >= 11 is 0. The van der Waals surface area contributed by atoms with Crippen LogP contribution >= 0.6 is 0 Å². The molecule has 1 saturated carbocycles. The number of nitrogen functional groups attached to an aromatic ring is 1. The predicted molar refractivity (Wildman–Crippen MR) is 155 cm³/mol. The van der Waals surface area contributed by atoms with Crippen LogP contribution in [0.15, 0.2) is 73.8 Å². The van der Waals surface area contributed by atoms with Crippen LogP contribution in [-0.4, -0.2) is 43.6 Å². The van der Waals surface area contributed by atoms with Crippen molar-refractivity contribution in [2.45, 2.75) is 38.5 Å². The Hall–Kier alpha value is -5.39. The second-order valence-electron chi connectivity index (χ2n) is 9.76. The first-order valence-corrected chi connectivity index (χ1v) is 13.2. The molecule has 2 aromatic heterocycles. The molecule has 1 aliphatic rings. The molecule has 5 N–H and O–H groups in total. The SMILES string of the molecule is C=CC(=O)NC1CC(Nc2ncnc(N)c2C(=N)c2ccc(Oc3cc(F)cc(OCc4cnc(C)nc4)c3)cc2)C1. The van der Waals surface area contributed by atoms with Crippen molar-refractivity contribution in [3.05, 3.63) is 102 Å². The van der Waals surface area contributed by atoms with Crippen LogP contribution in [0.5, 0.6) is 17.2 Å². The Morgan fingerprint density at radius 2 is 1.79 bits per heavy atom. The van der Waals surface area contributed by atoms with E-state index < -0.39 is 5.82 Å². The molecule has 2 aromatic carbocycles. The highest BCUT2D eigenvalue weighted by Crippen LogP contribution is 2.30. The third-order valence-electron chi connectivity index (χ3n) is 6.60. The van der Waals surface area contributed by atoms with Gasteiger partial charge >= 0.3 is 0 Å². The van der Waals surface area contributed by atoms with Crippen molar-refractivity contribution < 1.29 is 18.7 Å². The number of carbonyl (C=O) groups excluding carboxylic acids is 1. The Balaban J connectivity index is 1.24. The largest absolute Gasteiger partial charge is 0.489 e. The van der Waals surface area contributed by atoms with Crippen molar-refractivity contribution >= 4 is 23.3 Å². The Kier molecular flexibility index (Phi) is 8.32. The van der Waals surface area contributed by atoms with E-state index in [0.29, 0.717) is 47.1 Å². The predicted octanol–water partition coefficient (Wildman–Crippen LogP) is 4.33. The first kappa shape index (κ1) is 28.1. The molecular weight excluding hydrogens is 539 g/mol. The molecule has 1 fully saturated rings. The number of amides is 1. The van der Waals surface area contributed by atoms with Gasteiger partial charge in [-0.25, -0.2) is 24.3 Å². The van der Waals surface area contributed by atoms with Gasteiger partial charge in [0.15, 0.2) is 0 Å². The van der Waals surface area contributed by atoms with Crippen LogP contribution in [0, 0.1) is 18.2 Å². The van der Waals surface area contributed by atoms with Crippen LogP contribution in [0.4, 0.5) is 16.0 Å². The van der Waals surface area contributed by atoms with Gasteiger partial charge in [0, 0.05) is 53.8 Å². The highest BCUT2D eigenvalue weighted by molar-refractivity contribution is 6.16. The molecular formula is C30H29FN8O3. The minimum atomic E-state index is -0.512. The zero-order valence-corrected chi connectivity index (χ0v) is 22.8. The smallest absolute Gasteiger partial charge is 0.243 e. The summed E-state index contributed by atoms with van der Waals surface area (Å²) in [4.78, 5) is 28.1. The number of hydrogen-bond donors (Lipinski definition) is 4. The van der Waals surface area contributed by atoms with E-state index in [1.54, 1.807) is 49.6 Å². The van der Waals surface area contributed by atoms with Crippen LogP contribution in [0.3, 0.4) is 0 Å². The van der Waals surface area contributed by atoms with Crippen LogP contribution in [0.1, 0.15) is 35.4 Å². The molecule has 1 amide bonds. The summed E-state index contributed by atoms with van der Waals surface area (Å²) in [6.45, 7) is 5.43. The monoisotopic (exact) mass is 568 g/mol. The fourth-order valence-electron chi connectivity index (χ4n) is 4.37. The fourth-order valence-corrected chi connectivity index (χ4v) is 4.37. The first-order valence-electron chi connectivity index (χ1n) is 13.2. The zero-order valence-electron chi connectivity index (χ0n) is 22.8. The molecule has 4 aromatic rings. The second kappa shape index (κ2) is 12.4. The van der Waals surface area contributed by atoms with Gasteiger partial charge < -0.3 is 25.8 Å². The van der Waals surface area contributed by atoms with E-state index in [2.05, 4.69) is 37.1 Å². The standard InChI is InChI=1S/C30H29FN8O3/c1-3-26(40)38-21-10-22(11-21)39-30-27(29(33)36-16-37-30)28(32)19-4-6-23(7-5-19)42-25-9-20(31)8-24(12-25)41-15-18-13-34-17(2)35-14-18/h3-9,12-14,16,21-22,32H,1,10-11,15H2,2H3,(H,38,40)(H3,33,36,37,39). The van der Waals surface area contributed by atoms with E-state index in [4.69, 9.17) is 20.6 Å². The summed E-state index contributed by atoms with van der Waals surface area (Å²) in [6, 6.07) is 11.0. The van der Waals surface area contributed by atoms with Gasteiger partial charge in [-0.3, -0.25) is 10.2 Å². The number of nitrogens with one attached hydrogen (secondary N) is 3. The van der Waals surface area contributed by atoms with Crippen molar-refractivity contribution in [1.82, 2.24) is 25.3 Å². The quantitative estimate of drug-likeness (QED) is 0.152. The van der Waals surface area contributed by atoms with Crippen molar-refractivity contribution in [1.29, 1.82) is 5.41 Å². The highest BCUT2D eigenvalue weighted by Gasteiger charge is 2.31. The molecule has 0 unspecified atom stereocenters. The number of halogens is 1. The van der Waals surface area contributed by atoms with E-state index >= 15 is 0 Å². The lowest BCUT2D eigenvalue weighted by molar-refractivity contribution is -0.117. The van der Waals surface area contributed by atoms with Crippen LogP contribution in [0.25, 0.3) is 0 Å². The number of benzene rings is 2. The van der Waals surface area contributed by atoms with Gasteiger partial charge in [-0.1, -0.05) is 6.58 Å². The van der Waals surface area contributed by atoms with E-state index in [0.717, 1.165) is 5.56 Å². The molecule has 0 aliphatic heterocycles. The van der Waals surface area contributed by atoms with Gasteiger partial charge in [0.1, 0.15) is 53.5 Å². The van der Waals surface area contributed by atoms with Gasteiger partial charge in [-0.05, 0) is 50.1 Å². The lowest BCUT2D eigenvalue weighted by Crippen LogP contribution is -2.49. The zero-order chi connectivity index (χ0) is 29.6. The van der Waals surface area contributed by atoms with E-state index in [9.17, 15) is 9.18 Å². The van der Waals surface area contributed by atoms with Crippen LogP contribution in [0.2, 0.25) is 0 Å². The summed E-state index contributed by atoms with van der Waals surface area (Å²) in [5.41, 5.74) is 7.96. The highest BCUT2D eigenvalue weighted by atomic mass is 19.1. The molecule has 1 aliphatic carbocycles. The average molecular weight is 569 g/mol. The molecule has 42 heavy (non-hydrogen) atoms. The van der Waals surface area contributed by atoms with Gasteiger partial charge in [-0.2, -0.15) is 0 Å². The minimum absolute atomic E-state index is 0.0474. The van der Waals surface area contributed by atoms with Crippen molar-refractivity contribution in [2.75, 3.05) is 11.1 Å². The van der Waals surface area contributed by atoms with Gasteiger partial charge in [0.25, 0.3) is 0 Å². The fraction of sp³-hybridized carbons (Fsp3) is 0.200. The van der Waals surface area contributed by atoms with E-state index in [1.807, 2.05) is 0 Å². The third-order valence-corrected chi connectivity index (χ3v) is 6.60. The van der Waals surface area contributed by atoms with Gasteiger partial charge in [0.05, 0.1) is 11.3 Å². The number of hydrogen-bond acceptors (Lipinski definition) is 10. The molecule has 12 heteroatoms. The molecule has 0 atom stereocenters. The van der Waals surface area contributed by atoms with Crippen LogP contribution < -0.4 is 25.8 Å². The summed E-state index contributed by atoms with van der Waals surface area (Å²) in [5.74, 6) is 1.52. The average Bonchev–Trinajstić information content (AvgIpc) is 2.95. The molecule has 0 saturated heterocycles. The Morgan fingerprint density at radius 1 is 1.07 bits per heavy atom. The number of anilines is 2. The summed E-state index contributed by atoms with van der Waals surface area (Å²) in [5, 5.41) is 15.0.